The van der Waals surface area contributed by atoms with Gasteiger partial charge < -0.3 is 30.7 Å². The SMILES string of the molecule is CCC(C)C(C)CC(C)(C)NC(=O)C(C)(C)CCOC(C)(C)CCNC(=O)CCC(=O)N1Cc2ccccc2-c2c(nnn2C(O)CNC(C)C)-c2ccccc21. The molecule has 0 bridgehead atoms. The van der Waals surface area contributed by atoms with Gasteiger partial charge in [0.25, 0.3) is 0 Å². The number of anilines is 1. The third-order valence-corrected chi connectivity index (χ3v) is 11.4. The first-order valence-corrected chi connectivity index (χ1v) is 20.8. The van der Waals surface area contributed by atoms with Gasteiger partial charge in [0.2, 0.25) is 17.7 Å². The summed E-state index contributed by atoms with van der Waals surface area (Å²) in [4.78, 5) is 42.0. The number of nitrogens with zero attached hydrogens (tertiary/aromatic N) is 4. The lowest BCUT2D eigenvalue weighted by atomic mass is 9.81. The molecular formula is C45H69N7O5. The summed E-state index contributed by atoms with van der Waals surface area (Å²) >= 11 is 0. The van der Waals surface area contributed by atoms with Crippen LogP contribution in [0.25, 0.3) is 22.5 Å². The van der Waals surface area contributed by atoms with Crippen LogP contribution in [0.15, 0.2) is 48.5 Å². The molecule has 4 rings (SSSR count). The number of amides is 3. The molecule has 2 heterocycles. The second-order valence-electron chi connectivity index (χ2n) is 18.2. The number of nitrogens with one attached hydrogen (secondary N) is 3. The van der Waals surface area contributed by atoms with Crippen molar-refractivity contribution in [2.45, 2.75) is 145 Å². The van der Waals surface area contributed by atoms with Crippen molar-refractivity contribution in [3.63, 3.8) is 0 Å². The second kappa shape index (κ2) is 19.5. The fraction of sp³-hybridized carbons (Fsp3) is 0.622. The molecule has 12 heteroatoms. The first-order valence-electron chi connectivity index (χ1n) is 20.8. The third-order valence-electron chi connectivity index (χ3n) is 11.4. The molecule has 12 nitrogen and oxygen atoms in total. The van der Waals surface area contributed by atoms with Gasteiger partial charge in [0.05, 0.1) is 17.8 Å². The number of carbonyl (C=O) groups is 3. The lowest BCUT2D eigenvalue weighted by Crippen LogP contribution is -2.50. The molecule has 0 aliphatic carbocycles. The number of aromatic nitrogens is 3. The van der Waals surface area contributed by atoms with Gasteiger partial charge in [0.15, 0.2) is 6.23 Å². The number of para-hydroxylation sites is 1. The topological polar surface area (TPSA) is 151 Å². The van der Waals surface area contributed by atoms with E-state index in [4.69, 9.17) is 4.74 Å². The molecule has 0 spiro atoms. The summed E-state index contributed by atoms with van der Waals surface area (Å²) in [6, 6.07) is 15.5. The van der Waals surface area contributed by atoms with Crippen LogP contribution in [-0.4, -0.2) is 74.7 Å². The van der Waals surface area contributed by atoms with Crippen molar-refractivity contribution in [1.82, 2.24) is 30.9 Å². The molecule has 1 aromatic heterocycles. The predicted molar refractivity (Wildman–Crippen MR) is 227 cm³/mol. The van der Waals surface area contributed by atoms with Crippen LogP contribution >= 0.6 is 0 Å². The molecule has 3 unspecified atom stereocenters. The normalized spacial score (nSPS) is 14.8. The highest BCUT2D eigenvalue weighted by Crippen LogP contribution is 2.42. The Morgan fingerprint density at radius 3 is 2.25 bits per heavy atom. The average molecular weight is 788 g/mol. The molecule has 3 atom stereocenters. The molecule has 314 valence electrons. The Morgan fingerprint density at radius 2 is 1.56 bits per heavy atom. The average Bonchev–Trinajstić information content (AvgIpc) is 3.58. The number of aliphatic hydroxyl groups excluding tert-OH is 1. The summed E-state index contributed by atoms with van der Waals surface area (Å²) in [5.41, 5.74) is 2.92. The van der Waals surface area contributed by atoms with Gasteiger partial charge in [-0.2, -0.15) is 0 Å². The molecular weight excluding hydrogens is 719 g/mol. The van der Waals surface area contributed by atoms with E-state index in [1.54, 1.807) is 9.58 Å². The number of aliphatic hydroxyl groups is 1. The first kappa shape index (κ1) is 45.6. The maximum absolute atomic E-state index is 14.0. The maximum Gasteiger partial charge on any atom is 0.227 e. The summed E-state index contributed by atoms with van der Waals surface area (Å²) in [7, 11) is 0. The Hall–Kier alpha value is -4.13. The number of hydrogen-bond donors (Lipinski definition) is 4. The zero-order valence-electron chi connectivity index (χ0n) is 36.4. The number of benzene rings is 2. The highest BCUT2D eigenvalue weighted by molar-refractivity contribution is 6.01. The van der Waals surface area contributed by atoms with Gasteiger partial charge in [0.1, 0.15) is 11.4 Å². The van der Waals surface area contributed by atoms with Gasteiger partial charge in [0, 0.05) is 60.7 Å². The van der Waals surface area contributed by atoms with Gasteiger partial charge in [-0.05, 0) is 70.4 Å². The van der Waals surface area contributed by atoms with Crippen LogP contribution in [0.4, 0.5) is 5.69 Å². The molecule has 1 aliphatic rings. The number of ether oxygens (including phenoxy) is 1. The number of fused-ring (bicyclic) bond motifs is 5. The van der Waals surface area contributed by atoms with Crippen molar-refractivity contribution < 1.29 is 24.2 Å². The molecule has 0 saturated carbocycles. The van der Waals surface area contributed by atoms with E-state index in [1.165, 1.54) is 0 Å². The van der Waals surface area contributed by atoms with Crippen LogP contribution in [0.2, 0.25) is 0 Å². The van der Waals surface area contributed by atoms with E-state index >= 15 is 0 Å². The zero-order chi connectivity index (χ0) is 42.1. The fourth-order valence-electron chi connectivity index (χ4n) is 7.29. The van der Waals surface area contributed by atoms with Crippen LogP contribution in [0.3, 0.4) is 0 Å². The molecule has 57 heavy (non-hydrogen) atoms. The molecule has 0 fully saturated rings. The van der Waals surface area contributed by atoms with Crippen molar-refractivity contribution in [3.8, 4) is 22.5 Å². The van der Waals surface area contributed by atoms with Crippen LogP contribution < -0.4 is 20.9 Å². The highest BCUT2D eigenvalue weighted by Gasteiger charge is 2.34. The van der Waals surface area contributed by atoms with Crippen LogP contribution in [0, 0.1) is 17.3 Å². The van der Waals surface area contributed by atoms with Gasteiger partial charge in [-0.25, -0.2) is 4.68 Å². The molecule has 3 aromatic rings. The lowest BCUT2D eigenvalue weighted by Gasteiger charge is -2.35. The maximum atomic E-state index is 14.0. The van der Waals surface area contributed by atoms with E-state index < -0.39 is 17.2 Å². The smallest absolute Gasteiger partial charge is 0.227 e. The summed E-state index contributed by atoms with van der Waals surface area (Å²) in [5, 5.41) is 29.6. The Morgan fingerprint density at radius 1 is 0.895 bits per heavy atom. The summed E-state index contributed by atoms with van der Waals surface area (Å²) in [6.45, 7) is 24.2. The minimum absolute atomic E-state index is 0.0197. The van der Waals surface area contributed by atoms with Crippen molar-refractivity contribution >= 4 is 23.4 Å². The summed E-state index contributed by atoms with van der Waals surface area (Å²) in [5.74, 6) is 0.739. The minimum Gasteiger partial charge on any atom is -0.375 e. The Balaban J connectivity index is 1.32. The van der Waals surface area contributed by atoms with E-state index in [2.05, 4.69) is 60.9 Å². The zero-order valence-corrected chi connectivity index (χ0v) is 36.4. The number of carbonyl (C=O) groups excluding carboxylic acids is 3. The molecule has 0 radical (unpaired) electrons. The Bertz CT molecular complexity index is 1820. The van der Waals surface area contributed by atoms with Gasteiger partial charge in [-0.15, -0.1) is 5.10 Å². The number of rotatable bonds is 20. The van der Waals surface area contributed by atoms with Crippen molar-refractivity contribution in [2.75, 3.05) is 24.6 Å². The van der Waals surface area contributed by atoms with E-state index in [0.717, 1.165) is 29.5 Å². The number of hydrogen-bond acceptors (Lipinski definition) is 8. The van der Waals surface area contributed by atoms with E-state index in [0.29, 0.717) is 61.4 Å². The molecule has 3 amide bonds. The van der Waals surface area contributed by atoms with Crippen molar-refractivity contribution in [2.24, 2.45) is 17.3 Å². The minimum atomic E-state index is -0.951. The monoisotopic (exact) mass is 788 g/mol. The van der Waals surface area contributed by atoms with E-state index in [1.807, 2.05) is 90.1 Å². The Labute approximate surface area is 340 Å². The van der Waals surface area contributed by atoms with Gasteiger partial charge in [-0.1, -0.05) is 103 Å². The van der Waals surface area contributed by atoms with Gasteiger partial charge in [-0.3, -0.25) is 14.4 Å². The van der Waals surface area contributed by atoms with Crippen molar-refractivity contribution in [1.29, 1.82) is 0 Å². The lowest BCUT2D eigenvalue weighted by molar-refractivity contribution is -0.133. The van der Waals surface area contributed by atoms with Crippen LogP contribution in [-0.2, 0) is 25.7 Å². The molecule has 4 N–H and O–H groups in total. The molecule has 1 aliphatic heterocycles. The van der Waals surface area contributed by atoms with E-state index in [9.17, 15) is 19.5 Å². The summed E-state index contributed by atoms with van der Waals surface area (Å²) in [6.07, 6.45) is 2.28. The van der Waals surface area contributed by atoms with Crippen molar-refractivity contribution in [3.05, 3.63) is 54.1 Å². The molecule has 0 saturated heterocycles. The standard InChI is InChI=1S/C45H69N7O5/c1-12-31(4)32(5)27-44(8,9)48-42(56)43(6,7)24-26-57-45(10,11)23-25-46-37(53)21-22-38(54)51-29-33-17-13-14-18-34(33)41-40(35-19-15-16-20-36(35)51)49-50-52(41)39(55)28-47-30(2)3/h13-20,30-32,39,47,55H,12,21-29H2,1-11H3,(H,46,53)(H,48,56). The van der Waals surface area contributed by atoms with Crippen LogP contribution in [0.1, 0.15) is 126 Å². The highest BCUT2D eigenvalue weighted by atomic mass is 16.5. The van der Waals surface area contributed by atoms with Crippen LogP contribution in [0.5, 0.6) is 0 Å². The molecule has 2 aromatic carbocycles. The Kier molecular flexibility index (Phi) is 15.6. The quantitative estimate of drug-likeness (QED) is 0.0925. The van der Waals surface area contributed by atoms with E-state index in [-0.39, 0.29) is 48.7 Å². The summed E-state index contributed by atoms with van der Waals surface area (Å²) < 4.78 is 7.79. The van der Waals surface area contributed by atoms with Gasteiger partial charge >= 0.3 is 0 Å². The largest absolute Gasteiger partial charge is 0.375 e. The first-order chi connectivity index (χ1) is 26.7. The predicted octanol–water partition coefficient (Wildman–Crippen LogP) is 7.41. The second-order valence-corrected chi connectivity index (χ2v) is 18.2. The fourth-order valence-corrected chi connectivity index (χ4v) is 7.29. The third kappa shape index (κ3) is 12.4.